The van der Waals surface area contributed by atoms with Crippen molar-refractivity contribution in [3.63, 3.8) is 0 Å². The number of nitrogens with two attached hydrogens (primary N) is 2. The Morgan fingerprint density at radius 1 is 1.27 bits per heavy atom. The first-order valence-corrected chi connectivity index (χ1v) is 10.2. The van der Waals surface area contributed by atoms with Crippen LogP contribution in [0.1, 0.15) is 29.0 Å². The number of methoxy groups -OCH3 is 1. The number of carbonyl (C=O) groups excluding carboxylic acids is 1. The third-order valence-electron chi connectivity index (χ3n) is 5.31. The summed E-state index contributed by atoms with van der Waals surface area (Å²) in [5.74, 6) is -0.147. The molecule has 9 nitrogen and oxygen atoms in total. The summed E-state index contributed by atoms with van der Waals surface area (Å²) in [5, 5.41) is 0. The van der Waals surface area contributed by atoms with Crippen LogP contribution in [0, 0.1) is 0 Å². The zero-order valence-electron chi connectivity index (χ0n) is 17.9. The van der Waals surface area contributed by atoms with Crippen LogP contribution in [0.5, 0.6) is 5.88 Å². The van der Waals surface area contributed by atoms with E-state index in [0.29, 0.717) is 42.0 Å². The Morgan fingerprint density at radius 3 is 2.76 bits per heavy atom. The van der Waals surface area contributed by atoms with Crippen molar-refractivity contribution < 1.29 is 18.3 Å². The number of aromatic nitrogens is 3. The van der Waals surface area contributed by atoms with Crippen LogP contribution in [0.15, 0.2) is 53.7 Å². The third-order valence-corrected chi connectivity index (χ3v) is 5.31. The van der Waals surface area contributed by atoms with Gasteiger partial charge >= 0.3 is 0 Å². The van der Waals surface area contributed by atoms with Crippen molar-refractivity contribution in [1.29, 1.82) is 0 Å². The Labute approximate surface area is 188 Å². The average Bonchev–Trinajstić information content (AvgIpc) is 3.43. The van der Waals surface area contributed by atoms with Crippen molar-refractivity contribution in [3.8, 4) is 5.88 Å². The molecule has 1 fully saturated rings. The van der Waals surface area contributed by atoms with Gasteiger partial charge in [0.05, 0.1) is 29.7 Å². The van der Waals surface area contributed by atoms with Gasteiger partial charge < -0.3 is 21.1 Å². The van der Waals surface area contributed by atoms with Gasteiger partial charge in [-0.3, -0.25) is 14.4 Å². The summed E-state index contributed by atoms with van der Waals surface area (Å²) in [4.78, 5) is 26.8. The molecule has 0 aliphatic carbocycles. The van der Waals surface area contributed by atoms with E-state index in [4.69, 9.17) is 16.2 Å². The first kappa shape index (κ1) is 22.2. The highest BCUT2D eigenvalue weighted by Gasteiger charge is 2.27. The van der Waals surface area contributed by atoms with E-state index >= 15 is 0 Å². The van der Waals surface area contributed by atoms with Crippen LogP contribution < -0.4 is 16.2 Å². The number of aliphatic imine (C=N–C) groups is 1. The van der Waals surface area contributed by atoms with Crippen molar-refractivity contribution >= 4 is 28.6 Å². The summed E-state index contributed by atoms with van der Waals surface area (Å²) in [7, 11) is 1.50. The quantitative estimate of drug-likeness (QED) is 0.434. The number of fused-ring (bicyclic) bond motifs is 1. The second kappa shape index (κ2) is 9.23. The summed E-state index contributed by atoms with van der Waals surface area (Å²) < 4.78 is 33.2. The van der Waals surface area contributed by atoms with Crippen molar-refractivity contribution in [1.82, 2.24) is 19.4 Å². The number of nitrogens with zero attached hydrogens (tertiary/aromatic N) is 5. The first-order valence-electron chi connectivity index (χ1n) is 10.2. The molecule has 0 saturated carbocycles. The number of hydrogen-bond donors (Lipinski definition) is 2. The van der Waals surface area contributed by atoms with E-state index in [1.165, 1.54) is 23.9 Å². The molecule has 1 atom stereocenters. The number of para-hydroxylation sites is 2. The number of benzene rings is 1. The number of amides is 1. The monoisotopic (exact) mass is 455 g/mol. The highest BCUT2D eigenvalue weighted by molar-refractivity contribution is 5.97. The van der Waals surface area contributed by atoms with Crippen LogP contribution in [-0.4, -0.2) is 57.4 Å². The summed E-state index contributed by atoms with van der Waals surface area (Å²) in [6.07, 6.45) is 0.591. The normalized spacial score (nSPS) is 17.2. The van der Waals surface area contributed by atoms with Gasteiger partial charge in [0, 0.05) is 31.4 Å². The molecule has 0 unspecified atom stereocenters. The molecule has 11 heteroatoms. The molecule has 1 aliphatic rings. The van der Waals surface area contributed by atoms with Crippen LogP contribution in [0.4, 0.5) is 8.78 Å². The van der Waals surface area contributed by atoms with E-state index in [-0.39, 0.29) is 23.6 Å². The summed E-state index contributed by atoms with van der Waals surface area (Å²) >= 11 is 0. The van der Waals surface area contributed by atoms with Gasteiger partial charge in [-0.05, 0) is 24.6 Å². The molecule has 3 heterocycles. The van der Waals surface area contributed by atoms with Crippen LogP contribution in [-0.2, 0) is 0 Å². The number of hydrogen-bond acceptors (Lipinski definition) is 6. The van der Waals surface area contributed by atoms with Crippen molar-refractivity contribution in [3.05, 3.63) is 60.1 Å². The zero-order chi connectivity index (χ0) is 23.5. The minimum atomic E-state index is -2.82. The molecule has 172 valence electrons. The number of rotatable bonds is 6. The van der Waals surface area contributed by atoms with Gasteiger partial charge in [-0.15, -0.1) is 0 Å². The molecule has 4 N–H and O–H groups in total. The van der Waals surface area contributed by atoms with Crippen molar-refractivity contribution in [2.45, 2.75) is 18.9 Å². The van der Waals surface area contributed by atoms with Crippen molar-refractivity contribution in [2.75, 3.05) is 20.2 Å². The van der Waals surface area contributed by atoms with Gasteiger partial charge in [-0.2, -0.15) is 0 Å². The summed E-state index contributed by atoms with van der Waals surface area (Å²) in [5.41, 5.74) is 13.4. The van der Waals surface area contributed by atoms with E-state index < -0.39 is 12.2 Å². The fourth-order valence-electron chi connectivity index (χ4n) is 3.77. The molecule has 3 aromatic rings. The van der Waals surface area contributed by atoms with Crippen LogP contribution in [0.25, 0.3) is 16.9 Å². The number of imidazole rings is 1. The Bertz CT molecular complexity index is 1220. The van der Waals surface area contributed by atoms with E-state index in [1.807, 2.05) is 0 Å². The predicted molar refractivity (Wildman–Crippen MR) is 120 cm³/mol. The minimum absolute atomic E-state index is 0.0181. The summed E-state index contributed by atoms with van der Waals surface area (Å²) in [6.45, 7) is 0.878. The number of halogens is 2. The molecule has 1 saturated heterocycles. The molecule has 33 heavy (non-hydrogen) atoms. The molecule has 0 bridgehead atoms. The van der Waals surface area contributed by atoms with Gasteiger partial charge in [0.15, 0.2) is 5.82 Å². The maximum absolute atomic E-state index is 13.5. The molecular formula is C22H23F2N7O2. The van der Waals surface area contributed by atoms with Crippen LogP contribution in [0.2, 0.25) is 0 Å². The lowest BCUT2D eigenvalue weighted by Crippen LogP contribution is -2.29. The number of pyridine rings is 1. The Hall–Kier alpha value is -4.02. The fraction of sp³-hybridized carbons (Fsp3) is 0.273. The Kier molecular flexibility index (Phi) is 6.20. The molecule has 1 aromatic carbocycles. The van der Waals surface area contributed by atoms with Crippen LogP contribution in [0.3, 0.4) is 0 Å². The summed E-state index contributed by atoms with van der Waals surface area (Å²) in [6, 6.07) is 9.74. The zero-order valence-corrected chi connectivity index (χ0v) is 17.9. The van der Waals surface area contributed by atoms with Gasteiger partial charge in [0.25, 0.3) is 12.3 Å². The topological polar surface area (TPSA) is 125 Å². The second-order valence-electron chi connectivity index (χ2n) is 7.50. The number of alkyl halides is 2. The number of ether oxygens (including phenoxy) is 1. The second-order valence-corrected chi connectivity index (χ2v) is 7.50. The smallest absolute Gasteiger partial charge is 0.296 e. The van der Waals surface area contributed by atoms with Gasteiger partial charge in [-0.1, -0.05) is 12.1 Å². The standard InChI is InChI=1S/C22H23F2N7O2/c1-33-19-7-6-13(11-27-19)22(32)30-9-8-14(12-30)28-17(25)10-18(26)31-16-5-3-2-4-15(16)29-21(31)20(23)24/h2-7,10-11,14,20H,8-9,12,26H2,1H3,(H2,25,28)/b18-10+/t14-/m0/s1. The molecular weight excluding hydrogens is 432 g/mol. The minimum Gasteiger partial charge on any atom is -0.481 e. The molecule has 0 radical (unpaired) electrons. The molecule has 1 amide bonds. The predicted octanol–water partition coefficient (Wildman–Crippen LogP) is 2.41. The van der Waals surface area contributed by atoms with Crippen molar-refractivity contribution in [2.24, 2.45) is 16.5 Å². The lowest BCUT2D eigenvalue weighted by atomic mass is 10.2. The highest BCUT2D eigenvalue weighted by Crippen LogP contribution is 2.26. The van der Waals surface area contributed by atoms with Gasteiger partial charge in [0.2, 0.25) is 5.88 Å². The number of carbonyl (C=O) groups is 1. The molecule has 1 aliphatic heterocycles. The lowest BCUT2D eigenvalue weighted by Gasteiger charge is -2.15. The van der Waals surface area contributed by atoms with E-state index in [1.54, 1.807) is 41.3 Å². The van der Waals surface area contributed by atoms with E-state index in [2.05, 4.69) is 15.0 Å². The maximum atomic E-state index is 13.5. The lowest BCUT2D eigenvalue weighted by molar-refractivity contribution is 0.0790. The Morgan fingerprint density at radius 2 is 2.06 bits per heavy atom. The number of likely N-dealkylation sites (tertiary alicyclic amines) is 1. The molecule has 4 rings (SSSR count). The SMILES string of the molecule is COc1ccc(C(=O)N2CC[C@H](N=C(N)/C=C(\N)n3c(C(F)F)nc4ccccc43)C2)cn1. The molecule has 2 aromatic heterocycles. The Balaban J connectivity index is 1.50. The van der Waals surface area contributed by atoms with Gasteiger partial charge in [-0.25, -0.2) is 18.7 Å². The first-order chi connectivity index (χ1) is 15.9. The maximum Gasteiger partial charge on any atom is 0.296 e. The van der Waals surface area contributed by atoms with Crippen LogP contribution >= 0.6 is 0 Å². The number of amidine groups is 1. The average molecular weight is 455 g/mol. The largest absolute Gasteiger partial charge is 0.481 e. The molecule has 0 spiro atoms. The van der Waals surface area contributed by atoms with E-state index in [0.717, 1.165) is 0 Å². The van der Waals surface area contributed by atoms with Gasteiger partial charge in [0.1, 0.15) is 11.7 Å². The third kappa shape index (κ3) is 4.61. The van der Waals surface area contributed by atoms with E-state index in [9.17, 15) is 13.6 Å². The fourth-order valence-corrected chi connectivity index (χ4v) is 3.77. The highest BCUT2D eigenvalue weighted by atomic mass is 19.3.